The molecule has 1 aliphatic rings. The number of carbonyl (C=O) groups excluding carboxylic acids is 2. The molecule has 23 heavy (non-hydrogen) atoms. The van der Waals surface area contributed by atoms with Gasteiger partial charge in [0.05, 0.1) is 6.54 Å². The van der Waals surface area contributed by atoms with Gasteiger partial charge in [0.2, 0.25) is 5.91 Å². The van der Waals surface area contributed by atoms with Gasteiger partial charge in [0.25, 0.3) is 5.91 Å². The third-order valence-corrected chi connectivity index (χ3v) is 4.35. The molecule has 1 fully saturated rings. The minimum Gasteiger partial charge on any atom is -0.358 e. The molecule has 0 bridgehead atoms. The van der Waals surface area contributed by atoms with Gasteiger partial charge in [0.15, 0.2) is 0 Å². The summed E-state index contributed by atoms with van der Waals surface area (Å²) in [5.41, 5.74) is 1.99. The first-order chi connectivity index (χ1) is 11.0. The van der Waals surface area contributed by atoms with Gasteiger partial charge in [-0.05, 0) is 30.0 Å². The normalized spacial score (nSPS) is 16.3. The molecular formula is C18H27N3O2. The van der Waals surface area contributed by atoms with Crippen molar-refractivity contribution < 1.29 is 9.59 Å². The summed E-state index contributed by atoms with van der Waals surface area (Å²) >= 11 is 0. The second-order valence-electron chi connectivity index (χ2n) is 6.37. The molecule has 5 heteroatoms. The quantitative estimate of drug-likeness (QED) is 0.920. The Morgan fingerprint density at radius 3 is 2.39 bits per heavy atom. The molecule has 0 aromatic heterocycles. The van der Waals surface area contributed by atoms with Crippen molar-refractivity contribution in [3.05, 3.63) is 35.4 Å². The van der Waals surface area contributed by atoms with Crippen LogP contribution in [0.3, 0.4) is 0 Å². The van der Waals surface area contributed by atoms with Crippen LogP contribution >= 0.6 is 0 Å². The lowest BCUT2D eigenvalue weighted by molar-refractivity contribution is -0.121. The Balaban J connectivity index is 1.96. The molecule has 0 atom stereocenters. The number of nitrogens with zero attached hydrogens (tertiary/aromatic N) is 2. The largest absolute Gasteiger partial charge is 0.358 e. The zero-order valence-corrected chi connectivity index (χ0v) is 14.3. The molecule has 2 amide bonds. The van der Waals surface area contributed by atoms with Gasteiger partial charge in [-0.25, -0.2) is 0 Å². The van der Waals surface area contributed by atoms with Crippen LogP contribution in [0.1, 0.15) is 42.1 Å². The van der Waals surface area contributed by atoms with E-state index in [4.69, 9.17) is 0 Å². The first-order valence-corrected chi connectivity index (χ1v) is 8.33. The van der Waals surface area contributed by atoms with Crippen molar-refractivity contribution >= 4 is 11.8 Å². The smallest absolute Gasteiger partial charge is 0.253 e. The van der Waals surface area contributed by atoms with Crippen molar-refractivity contribution in [2.75, 3.05) is 39.8 Å². The Morgan fingerprint density at radius 2 is 1.78 bits per heavy atom. The highest BCUT2D eigenvalue weighted by Gasteiger charge is 2.21. The maximum absolute atomic E-state index is 12.6. The molecule has 0 radical (unpaired) electrons. The minimum atomic E-state index is 0.0223. The predicted molar refractivity (Wildman–Crippen MR) is 91.6 cm³/mol. The van der Waals surface area contributed by atoms with Gasteiger partial charge >= 0.3 is 0 Å². The van der Waals surface area contributed by atoms with E-state index in [1.54, 1.807) is 7.05 Å². The summed E-state index contributed by atoms with van der Waals surface area (Å²) < 4.78 is 0. The summed E-state index contributed by atoms with van der Waals surface area (Å²) in [5.74, 6) is 0.576. The van der Waals surface area contributed by atoms with Crippen molar-refractivity contribution in [2.45, 2.75) is 26.2 Å². The van der Waals surface area contributed by atoms with Crippen LogP contribution in [-0.2, 0) is 4.79 Å². The van der Waals surface area contributed by atoms with E-state index in [1.807, 2.05) is 29.2 Å². The Hall–Kier alpha value is -1.88. The highest BCUT2D eigenvalue weighted by atomic mass is 16.2. The molecule has 0 saturated carbocycles. The highest BCUT2D eigenvalue weighted by molar-refractivity contribution is 5.94. The predicted octanol–water partition coefficient (Wildman–Crippen LogP) is 1.70. The van der Waals surface area contributed by atoms with Crippen LogP contribution in [-0.4, -0.2) is 61.4 Å². The van der Waals surface area contributed by atoms with E-state index in [1.165, 1.54) is 5.56 Å². The third-order valence-electron chi connectivity index (χ3n) is 4.35. The van der Waals surface area contributed by atoms with E-state index < -0.39 is 0 Å². The third kappa shape index (κ3) is 4.79. The van der Waals surface area contributed by atoms with Crippen molar-refractivity contribution in [2.24, 2.45) is 0 Å². The molecule has 5 nitrogen and oxygen atoms in total. The zero-order valence-electron chi connectivity index (χ0n) is 14.3. The van der Waals surface area contributed by atoms with E-state index in [0.717, 1.165) is 31.6 Å². The van der Waals surface area contributed by atoms with Gasteiger partial charge in [-0.3, -0.25) is 14.5 Å². The summed E-state index contributed by atoms with van der Waals surface area (Å²) in [6.45, 7) is 7.70. The van der Waals surface area contributed by atoms with E-state index in [9.17, 15) is 9.59 Å². The highest BCUT2D eigenvalue weighted by Crippen LogP contribution is 2.16. The van der Waals surface area contributed by atoms with Gasteiger partial charge in [-0.1, -0.05) is 26.0 Å². The van der Waals surface area contributed by atoms with E-state index in [0.29, 0.717) is 19.0 Å². The number of benzene rings is 1. The van der Waals surface area contributed by atoms with Crippen LogP contribution in [0, 0.1) is 0 Å². The number of hydrogen-bond acceptors (Lipinski definition) is 3. The topological polar surface area (TPSA) is 52.7 Å². The van der Waals surface area contributed by atoms with Crippen molar-refractivity contribution in [1.82, 2.24) is 15.1 Å². The molecule has 1 aromatic carbocycles. The molecule has 0 aliphatic carbocycles. The summed E-state index contributed by atoms with van der Waals surface area (Å²) in [4.78, 5) is 28.1. The first kappa shape index (κ1) is 17.5. The molecule has 2 rings (SSSR count). The average Bonchev–Trinajstić information content (AvgIpc) is 2.79. The van der Waals surface area contributed by atoms with Crippen LogP contribution in [0.4, 0.5) is 0 Å². The second-order valence-corrected chi connectivity index (χ2v) is 6.37. The number of amides is 2. The second kappa shape index (κ2) is 8.11. The number of hydrogen-bond donors (Lipinski definition) is 1. The fraction of sp³-hybridized carbons (Fsp3) is 0.556. The Kier molecular flexibility index (Phi) is 6.16. The van der Waals surface area contributed by atoms with Crippen molar-refractivity contribution in [3.63, 3.8) is 0 Å². The van der Waals surface area contributed by atoms with Crippen LogP contribution in [0.25, 0.3) is 0 Å². The molecule has 1 N–H and O–H groups in total. The molecule has 1 heterocycles. The summed E-state index contributed by atoms with van der Waals surface area (Å²) in [5, 5.41) is 2.65. The Bertz CT molecular complexity index is 540. The summed E-state index contributed by atoms with van der Waals surface area (Å²) in [6.07, 6.45) is 0.896. The van der Waals surface area contributed by atoms with Gasteiger partial charge in [0, 0.05) is 38.8 Å². The van der Waals surface area contributed by atoms with E-state index >= 15 is 0 Å². The van der Waals surface area contributed by atoms with Crippen LogP contribution in [0.2, 0.25) is 0 Å². The summed E-state index contributed by atoms with van der Waals surface area (Å²) in [7, 11) is 1.65. The summed E-state index contributed by atoms with van der Waals surface area (Å²) in [6, 6.07) is 7.91. The lowest BCUT2D eigenvalue weighted by Gasteiger charge is -2.22. The lowest BCUT2D eigenvalue weighted by Crippen LogP contribution is -2.39. The lowest BCUT2D eigenvalue weighted by atomic mass is 10.0. The van der Waals surface area contributed by atoms with Gasteiger partial charge < -0.3 is 10.2 Å². The Labute approximate surface area is 138 Å². The van der Waals surface area contributed by atoms with Gasteiger partial charge in [0.1, 0.15) is 0 Å². The molecule has 126 valence electrons. The van der Waals surface area contributed by atoms with Gasteiger partial charge in [-0.2, -0.15) is 0 Å². The molecule has 1 saturated heterocycles. The minimum absolute atomic E-state index is 0.0223. The Morgan fingerprint density at radius 1 is 1.09 bits per heavy atom. The molecule has 0 unspecified atom stereocenters. The maximum Gasteiger partial charge on any atom is 0.253 e. The fourth-order valence-corrected chi connectivity index (χ4v) is 2.81. The van der Waals surface area contributed by atoms with E-state index in [2.05, 4.69) is 24.1 Å². The number of likely N-dealkylation sites (N-methyl/N-ethyl adjacent to an activating group) is 1. The molecule has 0 spiro atoms. The fourth-order valence-electron chi connectivity index (χ4n) is 2.81. The van der Waals surface area contributed by atoms with E-state index in [-0.39, 0.29) is 11.8 Å². The maximum atomic E-state index is 12.6. The molecular weight excluding hydrogens is 290 g/mol. The zero-order chi connectivity index (χ0) is 16.8. The monoisotopic (exact) mass is 317 g/mol. The molecule has 1 aliphatic heterocycles. The van der Waals surface area contributed by atoms with Crippen LogP contribution < -0.4 is 5.32 Å². The average molecular weight is 317 g/mol. The standard InChI is InChI=1S/C18H27N3O2/c1-14(2)15-5-7-16(8-6-15)18(23)21-10-4-9-20(11-12-21)13-17(22)19-3/h5-8,14H,4,9-13H2,1-3H3,(H,19,22). The molecule has 1 aromatic rings. The number of rotatable bonds is 4. The first-order valence-electron chi connectivity index (χ1n) is 8.33. The number of carbonyl (C=O) groups is 2. The van der Waals surface area contributed by atoms with Crippen molar-refractivity contribution in [3.8, 4) is 0 Å². The van der Waals surface area contributed by atoms with Crippen LogP contribution in [0.15, 0.2) is 24.3 Å². The number of nitrogens with one attached hydrogen (secondary N) is 1. The SMILES string of the molecule is CNC(=O)CN1CCCN(C(=O)c2ccc(C(C)C)cc2)CC1. The van der Waals surface area contributed by atoms with Crippen LogP contribution in [0.5, 0.6) is 0 Å². The van der Waals surface area contributed by atoms with Gasteiger partial charge in [-0.15, -0.1) is 0 Å². The van der Waals surface area contributed by atoms with Crippen molar-refractivity contribution in [1.29, 1.82) is 0 Å².